The number of piperidine rings is 1. The topological polar surface area (TPSA) is 30.5 Å². The Hall–Kier alpha value is -0.120. The minimum Gasteiger partial charge on any atom is -0.379 e. The molecule has 0 aromatic rings. The lowest BCUT2D eigenvalue weighted by atomic mass is 10.0. The van der Waals surface area contributed by atoms with Gasteiger partial charge in [-0.25, -0.2) is 0 Å². The molecule has 0 saturated carbocycles. The molecule has 1 saturated heterocycles. The highest BCUT2D eigenvalue weighted by molar-refractivity contribution is 4.75. The predicted octanol–water partition coefficient (Wildman–Crippen LogP) is 1.18. The predicted molar refractivity (Wildman–Crippen MR) is 52.9 cm³/mol. The molecule has 1 N–H and O–H groups in total. The zero-order valence-corrected chi connectivity index (χ0v) is 8.71. The first-order chi connectivity index (χ1) is 6.33. The molecule has 0 aliphatic carbocycles. The van der Waals surface area contributed by atoms with Crippen LogP contribution in [0.25, 0.3) is 0 Å². The molecule has 78 valence electrons. The summed E-state index contributed by atoms with van der Waals surface area (Å²) in [5.41, 5.74) is 0. The molecule has 0 amide bonds. The summed E-state index contributed by atoms with van der Waals surface area (Å²) in [4.78, 5) is 0. The van der Waals surface area contributed by atoms with E-state index in [1.54, 1.807) is 0 Å². The fraction of sp³-hybridized carbons (Fsp3) is 1.00. The smallest absolute Gasteiger partial charge is 0.0704 e. The van der Waals surface area contributed by atoms with Gasteiger partial charge in [-0.05, 0) is 33.2 Å². The minimum atomic E-state index is 0.441. The van der Waals surface area contributed by atoms with E-state index in [9.17, 15) is 0 Å². The highest BCUT2D eigenvalue weighted by atomic mass is 16.5. The van der Waals surface area contributed by atoms with Crippen LogP contribution in [0.5, 0.6) is 0 Å². The summed E-state index contributed by atoms with van der Waals surface area (Å²) in [6.07, 6.45) is 2.71. The van der Waals surface area contributed by atoms with Crippen LogP contribution in [-0.4, -0.2) is 38.5 Å². The third-order valence-electron chi connectivity index (χ3n) is 2.36. The molecule has 0 spiro atoms. The van der Waals surface area contributed by atoms with Crippen LogP contribution in [0.15, 0.2) is 0 Å². The van der Waals surface area contributed by atoms with Crippen LogP contribution in [0.3, 0.4) is 0 Å². The molecule has 1 aliphatic heterocycles. The van der Waals surface area contributed by atoms with E-state index in [1.807, 2.05) is 6.92 Å². The van der Waals surface area contributed by atoms with E-state index < -0.39 is 0 Å². The average Bonchev–Trinajstić information content (AvgIpc) is 2.13. The largest absolute Gasteiger partial charge is 0.379 e. The fourth-order valence-electron chi connectivity index (χ4n) is 1.66. The molecule has 13 heavy (non-hydrogen) atoms. The molecule has 3 heteroatoms. The summed E-state index contributed by atoms with van der Waals surface area (Å²) in [5, 5.41) is 3.40. The Morgan fingerprint density at radius 1 is 1.38 bits per heavy atom. The first-order valence-electron chi connectivity index (χ1n) is 5.25. The van der Waals surface area contributed by atoms with Crippen molar-refractivity contribution in [1.29, 1.82) is 0 Å². The Kier molecular flexibility index (Phi) is 5.35. The van der Waals surface area contributed by atoms with Gasteiger partial charge in [-0.3, -0.25) is 0 Å². The van der Waals surface area contributed by atoms with E-state index >= 15 is 0 Å². The first-order valence-corrected chi connectivity index (χ1v) is 5.25. The number of hydrogen-bond acceptors (Lipinski definition) is 3. The maximum atomic E-state index is 5.69. The van der Waals surface area contributed by atoms with Gasteiger partial charge in [0.25, 0.3) is 0 Å². The van der Waals surface area contributed by atoms with Crippen LogP contribution in [0.4, 0.5) is 0 Å². The Balaban J connectivity index is 2.00. The van der Waals surface area contributed by atoms with Crippen LogP contribution in [0.2, 0.25) is 0 Å². The molecule has 2 unspecified atom stereocenters. The van der Waals surface area contributed by atoms with E-state index in [2.05, 4.69) is 12.2 Å². The van der Waals surface area contributed by atoms with E-state index in [1.165, 1.54) is 0 Å². The maximum absolute atomic E-state index is 5.69. The Morgan fingerprint density at radius 2 is 2.23 bits per heavy atom. The Morgan fingerprint density at radius 3 is 2.92 bits per heavy atom. The molecule has 1 rings (SSSR count). The number of nitrogens with one attached hydrogen (secondary N) is 1. The lowest BCUT2D eigenvalue weighted by Gasteiger charge is -2.27. The van der Waals surface area contributed by atoms with E-state index in [4.69, 9.17) is 9.47 Å². The van der Waals surface area contributed by atoms with Crippen molar-refractivity contribution in [2.24, 2.45) is 0 Å². The van der Waals surface area contributed by atoms with Crippen LogP contribution in [-0.2, 0) is 9.47 Å². The van der Waals surface area contributed by atoms with Gasteiger partial charge in [-0.1, -0.05) is 0 Å². The molecule has 0 aromatic carbocycles. The van der Waals surface area contributed by atoms with Gasteiger partial charge in [-0.15, -0.1) is 0 Å². The van der Waals surface area contributed by atoms with Gasteiger partial charge < -0.3 is 14.8 Å². The molecule has 0 aromatic heterocycles. The molecule has 0 bridgehead atoms. The first kappa shape index (κ1) is 11.0. The zero-order chi connectivity index (χ0) is 9.52. The zero-order valence-electron chi connectivity index (χ0n) is 8.71. The number of ether oxygens (including phenoxy) is 2. The Bertz CT molecular complexity index is 130. The van der Waals surface area contributed by atoms with Gasteiger partial charge in [-0.2, -0.15) is 0 Å². The van der Waals surface area contributed by atoms with Crippen molar-refractivity contribution in [3.05, 3.63) is 0 Å². The van der Waals surface area contributed by atoms with Crippen molar-refractivity contribution in [3.63, 3.8) is 0 Å². The van der Waals surface area contributed by atoms with Gasteiger partial charge in [0.05, 0.1) is 19.3 Å². The van der Waals surface area contributed by atoms with Crippen molar-refractivity contribution in [2.45, 2.75) is 38.8 Å². The lowest BCUT2D eigenvalue weighted by molar-refractivity contribution is -0.0106. The van der Waals surface area contributed by atoms with Gasteiger partial charge >= 0.3 is 0 Å². The second-order valence-corrected chi connectivity index (χ2v) is 3.57. The van der Waals surface area contributed by atoms with E-state index in [0.29, 0.717) is 12.1 Å². The summed E-state index contributed by atoms with van der Waals surface area (Å²) in [6.45, 7) is 7.55. The average molecular weight is 187 g/mol. The van der Waals surface area contributed by atoms with Crippen LogP contribution in [0.1, 0.15) is 26.7 Å². The Labute approximate surface area is 80.8 Å². The van der Waals surface area contributed by atoms with Crippen molar-refractivity contribution in [3.8, 4) is 0 Å². The maximum Gasteiger partial charge on any atom is 0.0704 e. The summed E-state index contributed by atoms with van der Waals surface area (Å²) >= 11 is 0. The van der Waals surface area contributed by atoms with Crippen molar-refractivity contribution in [2.75, 3.05) is 26.4 Å². The molecule has 2 atom stereocenters. The third kappa shape index (κ3) is 4.60. The highest BCUT2D eigenvalue weighted by Crippen LogP contribution is 2.11. The fourth-order valence-corrected chi connectivity index (χ4v) is 1.66. The highest BCUT2D eigenvalue weighted by Gasteiger charge is 2.17. The lowest BCUT2D eigenvalue weighted by Crippen LogP contribution is -2.39. The molecular formula is C10H21NO2. The van der Waals surface area contributed by atoms with Crippen molar-refractivity contribution >= 4 is 0 Å². The van der Waals surface area contributed by atoms with Gasteiger partial charge in [0, 0.05) is 12.6 Å². The molecule has 3 nitrogen and oxygen atoms in total. The van der Waals surface area contributed by atoms with Gasteiger partial charge in [0.1, 0.15) is 0 Å². The van der Waals surface area contributed by atoms with Crippen molar-refractivity contribution < 1.29 is 9.47 Å². The summed E-state index contributed by atoms with van der Waals surface area (Å²) in [6, 6.07) is 0.603. The monoisotopic (exact) mass is 187 g/mol. The molecule has 1 aliphatic rings. The summed E-state index contributed by atoms with van der Waals surface area (Å²) < 4.78 is 10.9. The van der Waals surface area contributed by atoms with Crippen LogP contribution in [0, 0.1) is 0 Å². The molecule has 1 heterocycles. The third-order valence-corrected chi connectivity index (χ3v) is 2.36. The minimum absolute atomic E-state index is 0.441. The van der Waals surface area contributed by atoms with Gasteiger partial charge in [0.15, 0.2) is 0 Å². The van der Waals surface area contributed by atoms with Crippen LogP contribution < -0.4 is 5.32 Å². The standard InChI is InChI=1S/C10H21NO2/c1-3-12-6-7-13-10-4-5-11-9(2)8-10/h9-11H,3-8H2,1-2H3. The number of rotatable bonds is 5. The quantitative estimate of drug-likeness (QED) is 0.656. The van der Waals surface area contributed by atoms with Crippen LogP contribution >= 0.6 is 0 Å². The molecule has 0 radical (unpaired) electrons. The normalized spacial score (nSPS) is 29.1. The van der Waals surface area contributed by atoms with Crippen molar-refractivity contribution in [1.82, 2.24) is 5.32 Å². The second kappa shape index (κ2) is 6.35. The van der Waals surface area contributed by atoms with Gasteiger partial charge in [0.2, 0.25) is 0 Å². The molecular weight excluding hydrogens is 166 g/mol. The SMILES string of the molecule is CCOCCOC1CCNC(C)C1. The summed E-state index contributed by atoms with van der Waals surface area (Å²) in [5.74, 6) is 0. The second-order valence-electron chi connectivity index (χ2n) is 3.57. The van der Waals surface area contributed by atoms with E-state index in [-0.39, 0.29) is 0 Å². The summed E-state index contributed by atoms with van der Waals surface area (Å²) in [7, 11) is 0. The number of hydrogen-bond donors (Lipinski definition) is 1. The van der Waals surface area contributed by atoms with E-state index in [0.717, 1.165) is 39.2 Å². The molecule has 1 fully saturated rings.